The maximum atomic E-state index is 10.1. The van der Waals surface area contributed by atoms with Gasteiger partial charge in [0.1, 0.15) is 11.5 Å². The van der Waals surface area contributed by atoms with Crippen LogP contribution in [-0.4, -0.2) is 64.2 Å². The number of thioether (sulfide) groups is 1. The van der Waals surface area contributed by atoms with Crippen LogP contribution in [0.4, 0.5) is 0 Å². The van der Waals surface area contributed by atoms with Crippen LogP contribution in [0.15, 0.2) is 4.99 Å². The van der Waals surface area contributed by atoms with E-state index in [4.69, 9.17) is 4.74 Å². The molecule has 0 saturated carbocycles. The molecule has 1 saturated heterocycles. The zero-order chi connectivity index (χ0) is 12.7. The average Bonchev–Trinajstić information content (AvgIpc) is 2.67. The number of amidine groups is 1. The molecule has 2 aliphatic rings. The molecule has 0 aromatic heterocycles. The van der Waals surface area contributed by atoms with Crippen molar-refractivity contribution in [2.75, 3.05) is 14.1 Å². The number of fused-ring (bicyclic) bond motifs is 1. The van der Waals surface area contributed by atoms with Crippen molar-refractivity contribution in [3.63, 3.8) is 0 Å². The van der Waals surface area contributed by atoms with Gasteiger partial charge in [0.15, 0.2) is 5.17 Å². The Morgan fingerprint density at radius 2 is 2.12 bits per heavy atom. The van der Waals surface area contributed by atoms with Gasteiger partial charge >= 0.3 is 0 Å². The fourth-order valence-electron chi connectivity index (χ4n) is 2.22. The van der Waals surface area contributed by atoms with E-state index in [1.54, 1.807) is 18.7 Å². The maximum absolute atomic E-state index is 10.1. The van der Waals surface area contributed by atoms with Gasteiger partial charge in [-0.15, -0.1) is 0 Å². The van der Waals surface area contributed by atoms with Gasteiger partial charge < -0.3 is 19.8 Å². The highest BCUT2D eigenvalue weighted by atomic mass is 32.2. The van der Waals surface area contributed by atoms with Crippen molar-refractivity contribution < 1.29 is 14.9 Å². The SMILES string of the molecule is C[C@H]1[C@H](O)[C@@H]([C@@H](C)O)O[C@@H]2SC(N(C)C)=N[C@H]12. The number of nitrogens with zero attached hydrogens (tertiary/aromatic N) is 2. The van der Waals surface area contributed by atoms with Crippen molar-refractivity contribution in [3.05, 3.63) is 0 Å². The minimum absolute atomic E-state index is 0.00157. The smallest absolute Gasteiger partial charge is 0.161 e. The summed E-state index contributed by atoms with van der Waals surface area (Å²) in [5.41, 5.74) is -0.0922. The molecule has 98 valence electrons. The van der Waals surface area contributed by atoms with Crippen molar-refractivity contribution in [1.82, 2.24) is 4.90 Å². The number of aliphatic hydroxyl groups is 2. The summed E-state index contributed by atoms with van der Waals surface area (Å²) in [4.78, 5) is 6.52. The largest absolute Gasteiger partial charge is 0.391 e. The van der Waals surface area contributed by atoms with Crippen LogP contribution in [0.3, 0.4) is 0 Å². The first-order valence-corrected chi connectivity index (χ1v) is 6.73. The lowest BCUT2D eigenvalue weighted by molar-refractivity contribution is -0.157. The van der Waals surface area contributed by atoms with Gasteiger partial charge in [-0.1, -0.05) is 18.7 Å². The van der Waals surface area contributed by atoms with E-state index in [-0.39, 0.29) is 17.4 Å². The van der Waals surface area contributed by atoms with Gasteiger partial charge in [-0.3, -0.25) is 4.99 Å². The van der Waals surface area contributed by atoms with E-state index in [1.165, 1.54) is 0 Å². The van der Waals surface area contributed by atoms with E-state index in [9.17, 15) is 10.2 Å². The van der Waals surface area contributed by atoms with Gasteiger partial charge in [0.2, 0.25) is 0 Å². The van der Waals surface area contributed by atoms with Crippen molar-refractivity contribution in [3.8, 4) is 0 Å². The molecule has 6 atom stereocenters. The number of hydrogen-bond acceptors (Lipinski definition) is 6. The average molecular weight is 260 g/mol. The highest BCUT2D eigenvalue weighted by molar-refractivity contribution is 8.14. The summed E-state index contributed by atoms with van der Waals surface area (Å²) in [5, 5.41) is 20.6. The van der Waals surface area contributed by atoms with E-state index in [0.29, 0.717) is 0 Å². The molecule has 0 spiro atoms. The van der Waals surface area contributed by atoms with Gasteiger partial charge in [0, 0.05) is 20.0 Å². The third-order valence-corrected chi connectivity index (χ3v) is 4.63. The van der Waals surface area contributed by atoms with Crippen LogP contribution in [0.25, 0.3) is 0 Å². The van der Waals surface area contributed by atoms with Gasteiger partial charge in [-0.25, -0.2) is 0 Å². The molecule has 0 bridgehead atoms. The van der Waals surface area contributed by atoms with Crippen molar-refractivity contribution >= 4 is 16.9 Å². The van der Waals surface area contributed by atoms with Crippen molar-refractivity contribution in [1.29, 1.82) is 0 Å². The first-order chi connectivity index (χ1) is 7.91. The molecule has 2 rings (SSSR count). The first-order valence-electron chi connectivity index (χ1n) is 5.85. The molecule has 2 aliphatic heterocycles. The van der Waals surface area contributed by atoms with Gasteiger partial charge in [-0.2, -0.15) is 0 Å². The quantitative estimate of drug-likeness (QED) is 0.701. The van der Waals surface area contributed by atoms with Crippen LogP contribution < -0.4 is 0 Å². The predicted octanol–water partition coefficient (Wildman–Crippen LogP) is 0.122. The second-order valence-corrected chi connectivity index (χ2v) is 6.04. The molecule has 2 N–H and O–H groups in total. The van der Waals surface area contributed by atoms with E-state index in [1.807, 2.05) is 25.9 Å². The summed E-state index contributed by atoms with van der Waals surface area (Å²) in [7, 11) is 3.88. The number of aliphatic imine (C=N–C) groups is 1. The van der Waals surface area contributed by atoms with E-state index < -0.39 is 18.3 Å². The van der Waals surface area contributed by atoms with Crippen LogP contribution in [-0.2, 0) is 4.74 Å². The number of rotatable bonds is 1. The third kappa shape index (κ3) is 2.31. The molecule has 17 heavy (non-hydrogen) atoms. The molecule has 0 aliphatic carbocycles. The summed E-state index contributed by atoms with van der Waals surface area (Å²) in [5.74, 6) is -0.00157. The molecule has 0 amide bonds. The maximum Gasteiger partial charge on any atom is 0.161 e. The Kier molecular flexibility index (Phi) is 3.68. The lowest BCUT2D eigenvalue weighted by Crippen LogP contribution is -2.53. The summed E-state index contributed by atoms with van der Waals surface area (Å²) in [6, 6.07) is -0.0256. The van der Waals surface area contributed by atoms with Gasteiger partial charge in [0.05, 0.1) is 18.2 Å². The molecular formula is C11H20N2O3S. The first kappa shape index (κ1) is 13.1. The monoisotopic (exact) mass is 260 g/mol. The van der Waals surface area contributed by atoms with Gasteiger partial charge in [-0.05, 0) is 6.92 Å². The summed E-state index contributed by atoms with van der Waals surface area (Å²) < 4.78 is 5.76. The highest BCUT2D eigenvalue weighted by Gasteiger charge is 2.48. The molecule has 5 nitrogen and oxygen atoms in total. The number of aliphatic hydroxyl groups excluding tert-OH is 2. The number of ether oxygens (including phenoxy) is 1. The molecule has 6 heteroatoms. The molecule has 0 unspecified atom stereocenters. The molecule has 0 aromatic carbocycles. The molecular weight excluding hydrogens is 240 g/mol. The second kappa shape index (κ2) is 4.76. The minimum atomic E-state index is -0.669. The Morgan fingerprint density at radius 3 is 2.65 bits per heavy atom. The number of hydrogen-bond donors (Lipinski definition) is 2. The third-order valence-electron chi connectivity index (χ3n) is 3.32. The minimum Gasteiger partial charge on any atom is -0.391 e. The summed E-state index contributed by atoms with van der Waals surface area (Å²) >= 11 is 1.56. The van der Waals surface area contributed by atoms with Crippen LogP contribution in [0.1, 0.15) is 13.8 Å². The topological polar surface area (TPSA) is 65.3 Å². The van der Waals surface area contributed by atoms with E-state index in [0.717, 1.165) is 5.17 Å². The zero-order valence-electron chi connectivity index (χ0n) is 10.6. The second-order valence-electron chi connectivity index (χ2n) is 4.97. The lowest BCUT2D eigenvalue weighted by Gasteiger charge is -2.40. The summed E-state index contributed by atoms with van der Waals surface area (Å²) in [6.45, 7) is 3.61. The molecule has 1 fully saturated rings. The van der Waals surface area contributed by atoms with Crippen molar-refractivity contribution in [2.24, 2.45) is 10.9 Å². The van der Waals surface area contributed by atoms with E-state index in [2.05, 4.69) is 4.99 Å². The molecule has 0 radical (unpaired) electrons. The predicted molar refractivity (Wildman–Crippen MR) is 68.0 cm³/mol. The van der Waals surface area contributed by atoms with Gasteiger partial charge in [0.25, 0.3) is 0 Å². The Morgan fingerprint density at radius 1 is 1.47 bits per heavy atom. The van der Waals surface area contributed by atoms with Crippen LogP contribution >= 0.6 is 11.8 Å². The van der Waals surface area contributed by atoms with Crippen LogP contribution in [0.5, 0.6) is 0 Å². The van der Waals surface area contributed by atoms with Crippen LogP contribution in [0.2, 0.25) is 0 Å². The lowest BCUT2D eigenvalue weighted by atomic mass is 9.88. The normalized spacial score (nSPS) is 42.9. The Hall–Kier alpha value is -0.300. The van der Waals surface area contributed by atoms with Crippen LogP contribution in [0, 0.1) is 5.92 Å². The fraction of sp³-hybridized carbons (Fsp3) is 0.909. The zero-order valence-corrected chi connectivity index (χ0v) is 11.4. The standard InChI is InChI=1S/C11H20N2O3S/c1-5-7-10(17-11(12-7)13(3)4)16-9(6(2)14)8(5)15/h5-10,14-15H,1-4H3/t5-,6-,7-,8+,9-,10-/m1/s1. The Labute approximate surface area is 106 Å². The van der Waals surface area contributed by atoms with Crippen molar-refractivity contribution in [2.45, 2.75) is 43.6 Å². The summed E-state index contributed by atoms with van der Waals surface area (Å²) in [6.07, 6.45) is -1.85. The Bertz CT molecular complexity index is 322. The fourth-order valence-corrected chi connectivity index (χ4v) is 3.46. The van der Waals surface area contributed by atoms with E-state index >= 15 is 0 Å². The Balaban J connectivity index is 2.15. The molecule has 0 aromatic rings. The molecule has 2 heterocycles. The highest BCUT2D eigenvalue weighted by Crippen LogP contribution is 2.40.